The zero-order valence-corrected chi connectivity index (χ0v) is 31.7. The largest absolute Gasteiger partial charge is 3.00 e. The van der Waals surface area contributed by atoms with Crippen molar-refractivity contribution in [1.29, 1.82) is 0 Å². The van der Waals surface area contributed by atoms with Gasteiger partial charge in [-0.25, -0.2) is 0 Å². The maximum Gasteiger partial charge on any atom is 3.00 e. The van der Waals surface area contributed by atoms with E-state index in [-0.39, 0.29) is 167 Å². The van der Waals surface area contributed by atoms with Crippen molar-refractivity contribution in [3.05, 3.63) is 0 Å². The molecule has 0 aliphatic carbocycles. The molecule has 0 rings (SSSR count). The number of hydrogen-bond donors (Lipinski definition) is 0. The van der Waals surface area contributed by atoms with E-state index in [1.165, 1.54) is 0 Å². The molecule has 0 bridgehead atoms. The summed E-state index contributed by atoms with van der Waals surface area (Å²) in [6.45, 7) is 0. The van der Waals surface area contributed by atoms with Crippen molar-refractivity contribution in [2.45, 2.75) is 0 Å². The number of hydrogen-bond acceptors (Lipinski definition) is 24. The Kier molecular flexibility index (Phi) is 60.3. The first-order chi connectivity index (χ1) is 12.0. The fourth-order valence-corrected chi connectivity index (χ4v) is 0. The quantitative estimate of drug-likeness (QED) is 0.161. The molecule has 0 saturated carbocycles. The molecule has 0 aliphatic heterocycles. The van der Waals surface area contributed by atoms with Crippen molar-refractivity contribution in [3.8, 4) is 0 Å². The SMILES string of the molecule is O=S(=O)([O-])[O-].O=S(=O)([O-])[O-].O=S(=O)([O-])[O-].O=S(=O)([O-])[O-].O=S(=O)([O-])[O-].O=S(=O)([O-])[O-].[Ce+3].[Ce+3].[Ce+3].[Ce+3]. The average molecular weight is 1140 g/mol. The van der Waals surface area contributed by atoms with E-state index in [0.29, 0.717) is 0 Å². The first kappa shape index (κ1) is 66.8. The van der Waals surface area contributed by atoms with E-state index in [2.05, 4.69) is 0 Å². The van der Waals surface area contributed by atoms with E-state index < -0.39 is 62.4 Å². The van der Waals surface area contributed by atoms with E-state index in [0.717, 1.165) is 0 Å². The van der Waals surface area contributed by atoms with Gasteiger partial charge in [-0.1, -0.05) is 0 Å². The Hall–Kier alpha value is 4.73. The summed E-state index contributed by atoms with van der Waals surface area (Å²) in [6, 6.07) is 0. The van der Waals surface area contributed by atoms with Gasteiger partial charge in [-0.2, -0.15) is 0 Å². The molecule has 34 heavy (non-hydrogen) atoms. The van der Waals surface area contributed by atoms with Gasteiger partial charge in [-0.15, -0.1) is 0 Å². The third-order valence-electron chi connectivity index (χ3n) is 0. The molecular weight excluding hydrogens is 1140 g/mol. The maximum atomic E-state index is 8.52. The summed E-state index contributed by atoms with van der Waals surface area (Å²) in [5.74, 6) is 0. The Morgan fingerprint density at radius 2 is 0.206 bits per heavy atom. The van der Waals surface area contributed by atoms with Crippen molar-refractivity contribution in [2.75, 3.05) is 0 Å². The van der Waals surface area contributed by atoms with Crippen molar-refractivity contribution in [1.82, 2.24) is 0 Å². The molecule has 0 aromatic heterocycles. The van der Waals surface area contributed by atoms with Crippen LogP contribution in [0.5, 0.6) is 0 Å². The monoisotopic (exact) mass is 1140 g/mol. The van der Waals surface area contributed by atoms with E-state index in [4.69, 9.17) is 105 Å². The predicted octanol–water partition coefficient (Wildman–Crippen LogP) is -8.03. The molecule has 0 amide bonds. The maximum absolute atomic E-state index is 8.52. The van der Waals surface area contributed by atoms with Crippen molar-refractivity contribution in [2.24, 2.45) is 0 Å². The minimum Gasteiger partial charge on any atom is -0.759 e. The minimum absolute atomic E-state index is 0. The zero-order valence-electron chi connectivity index (χ0n) is 14.2. The molecular formula is Ce4O24S6. The standard InChI is InChI=1S/4Ce.6H2O4S/c;;;;6*1-5(2,3)4/h;;;;6*(H2,1,2,3,4)/q4*+3;;;;;;/p-12. The summed E-state index contributed by atoms with van der Waals surface area (Å²) in [7, 11) is -31.0. The van der Waals surface area contributed by atoms with E-state index in [9.17, 15) is 0 Å². The van der Waals surface area contributed by atoms with Gasteiger partial charge in [0, 0.05) is 62.4 Å². The van der Waals surface area contributed by atoms with Gasteiger partial charge >= 0.3 is 167 Å². The Labute approximate surface area is 327 Å². The van der Waals surface area contributed by atoms with Crippen molar-refractivity contribution < 1.29 is 272 Å². The predicted molar refractivity (Wildman–Crippen MR) is 62.8 cm³/mol. The minimum atomic E-state index is -5.17. The van der Waals surface area contributed by atoms with Crippen molar-refractivity contribution >= 4 is 62.4 Å². The molecule has 0 aromatic carbocycles. The molecule has 4 radical (unpaired) electrons. The summed E-state index contributed by atoms with van der Waals surface area (Å²) in [5, 5.41) is 0. The van der Waals surface area contributed by atoms with Crippen LogP contribution in [0, 0.1) is 167 Å². The van der Waals surface area contributed by atoms with Crippen LogP contribution in [-0.2, 0) is 62.4 Å². The number of rotatable bonds is 0. The van der Waals surface area contributed by atoms with Crippen molar-refractivity contribution in [3.63, 3.8) is 0 Å². The molecule has 0 aliphatic rings. The third-order valence-corrected chi connectivity index (χ3v) is 0. The van der Waals surface area contributed by atoms with E-state index >= 15 is 0 Å². The summed E-state index contributed by atoms with van der Waals surface area (Å²) in [5.41, 5.74) is 0. The topological polar surface area (TPSA) is 482 Å². The van der Waals surface area contributed by atoms with Gasteiger partial charge in [0.2, 0.25) is 0 Å². The van der Waals surface area contributed by atoms with Crippen LogP contribution < -0.4 is 0 Å². The first-order valence-corrected chi connectivity index (χ1v) is 12.0. The molecule has 24 nitrogen and oxygen atoms in total. The van der Waals surface area contributed by atoms with Gasteiger partial charge in [0.05, 0.1) is 0 Å². The Morgan fingerprint density at radius 1 is 0.206 bits per heavy atom. The molecule has 0 N–H and O–H groups in total. The van der Waals surface area contributed by atoms with Crippen LogP contribution in [0.15, 0.2) is 0 Å². The third kappa shape index (κ3) is 2100. The molecule has 0 heterocycles. The second kappa shape index (κ2) is 30.7. The first-order valence-electron chi connectivity index (χ1n) is 4.00. The smallest absolute Gasteiger partial charge is 0.759 e. The Balaban J connectivity index is -0.0000000248. The molecule has 196 valence electrons. The summed E-state index contributed by atoms with van der Waals surface area (Å²) in [4.78, 5) is 0. The Bertz CT molecular complexity index is 771. The summed E-state index contributed by atoms with van der Waals surface area (Å²) < 4.78 is 205. The molecule has 0 aromatic rings. The van der Waals surface area contributed by atoms with Crippen LogP contribution in [0.2, 0.25) is 0 Å². The van der Waals surface area contributed by atoms with Gasteiger partial charge in [0.15, 0.2) is 0 Å². The van der Waals surface area contributed by atoms with Crippen LogP contribution in [0.1, 0.15) is 0 Å². The van der Waals surface area contributed by atoms with Crippen LogP contribution in [-0.4, -0.2) is 105 Å². The second-order valence-electron chi connectivity index (χ2n) is 2.45. The molecule has 0 unspecified atom stereocenters. The van der Waals surface area contributed by atoms with E-state index in [1.807, 2.05) is 0 Å². The van der Waals surface area contributed by atoms with Gasteiger partial charge in [0.1, 0.15) is 0 Å². The molecule has 0 atom stereocenters. The molecule has 34 heteroatoms. The van der Waals surface area contributed by atoms with Gasteiger partial charge in [-0.3, -0.25) is 50.5 Å². The summed E-state index contributed by atoms with van der Waals surface area (Å²) in [6.07, 6.45) is 0. The van der Waals surface area contributed by atoms with E-state index in [1.54, 1.807) is 0 Å². The summed E-state index contributed by atoms with van der Waals surface area (Å²) >= 11 is 0. The van der Waals surface area contributed by atoms with Gasteiger partial charge < -0.3 is 54.6 Å². The van der Waals surface area contributed by atoms with Crippen LogP contribution in [0.3, 0.4) is 0 Å². The average Bonchev–Trinajstić information content (AvgIpc) is 1.94. The molecule has 0 saturated heterocycles. The van der Waals surface area contributed by atoms with Gasteiger partial charge in [-0.05, 0) is 0 Å². The zero-order chi connectivity index (χ0) is 27.0. The molecule has 0 fully saturated rings. The fraction of sp³-hybridized carbons (Fsp3) is 0. The normalized spacial score (nSPS) is 10.2. The van der Waals surface area contributed by atoms with Crippen LogP contribution in [0.4, 0.5) is 0 Å². The second-order valence-corrected chi connectivity index (χ2v) is 7.35. The van der Waals surface area contributed by atoms with Crippen LogP contribution in [0.25, 0.3) is 0 Å². The van der Waals surface area contributed by atoms with Gasteiger partial charge in [0.25, 0.3) is 0 Å². The molecule has 0 spiro atoms. The van der Waals surface area contributed by atoms with Crippen LogP contribution >= 0.6 is 0 Å². The fourth-order valence-electron chi connectivity index (χ4n) is 0. The Morgan fingerprint density at radius 3 is 0.206 bits per heavy atom.